The highest BCUT2D eigenvalue weighted by molar-refractivity contribution is 7.98. The molecule has 4 nitrogen and oxygen atoms in total. The van der Waals surface area contributed by atoms with Gasteiger partial charge in [0.25, 0.3) is 0 Å². The molecule has 0 unspecified atom stereocenters. The Bertz CT molecular complexity index is 570. The molecule has 2 N–H and O–H groups in total. The van der Waals surface area contributed by atoms with Crippen LogP contribution < -0.4 is 15.4 Å². The van der Waals surface area contributed by atoms with Gasteiger partial charge in [-0.25, -0.2) is 0 Å². The summed E-state index contributed by atoms with van der Waals surface area (Å²) in [5.41, 5.74) is 2.41. The number of thioether (sulfide) groups is 1. The van der Waals surface area contributed by atoms with Crippen molar-refractivity contribution >= 4 is 17.7 Å². The van der Waals surface area contributed by atoms with Crippen LogP contribution in [0.3, 0.4) is 0 Å². The van der Waals surface area contributed by atoms with Crippen LogP contribution in [0.2, 0.25) is 0 Å². The zero-order valence-electron chi connectivity index (χ0n) is 13.8. The molecule has 0 aromatic heterocycles. The molecule has 0 amide bonds. The van der Waals surface area contributed by atoms with Crippen LogP contribution in [0.5, 0.6) is 5.75 Å². The zero-order chi connectivity index (χ0) is 16.5. The molecule has 0 saturated carbocycles. The van der Waals surface area contributed by atoms with E-state index < -0.39 is 0 Å². The molecular formula is C18H23N3OS. The molecule has 0 aliphatic heterocycles. The molecule has 23 heavy (non-hydrogen) atoms. The van der Waals surface area contributed by atoms with Crippen LogP contribution in [0.15, 0.2) is 58.4 Å². The van der Waals surface area contributed by atoms with Crippen molar-refractivity contribution in [2.24, 2.45) is 4.99 Å². The van der Waals surface area contributed by atoms with E-state index in [1.807, 2.05) is 24.3 Å². The summed E-state index contributed by atoms with van der Waals surface area (Å²) in [6.07, 6.45) is 2.08. The second kappa shape index (κ2) is 9.10. The average Bonchev–Trinajstić information content (AvgIpc) is 2.62. The zero-order valence-corrected chi connectivity index (χ0v) is 14.6. The van der Waals surface area contributed by atoms with Gasteiger partial charge in [0.2, 0.25) is 0 Å². The number of benzene rings is 2. The third kappa shape index (κ3) is 5.53. The Morgan fingerprint density at radius 1 is 0.957 bits per heavy atom. The van der Waals surface area contributed by atoms with Gasteiger partial charge >= 0.3 is 0 Å². The predicted octanol–water partition coefficient (Wildman–Crippen LogP) is 3.28. The number of rotatable bonds is 6. The first-order valence-electron chi connectivity index (χ1n) is 7.45. The fourth-order valence-corrected chi connectivity index (χ4v) is 2.49. The first-order chi connectivity index (χ1) is 11.2. The molecule has 2 aromatic carbocycles. The molecule has 0 aliphatic rings. The highest BCUT2D eigenvalue weighted by atomic mass is 32.2. The lowest BCUT2D eigenvalue weighted by Crippen LogP contribution is -2.36. The topological polar surface area (TPSA) is 45.7 Å². The summed E-state index contributed by atoms with van der Waals surface area (Å²) in [6.45, 7) is 1.46. The largest absolute Gasteiger partial charge is 0.497 e. The molecule has 2 rings (SSSR count). The summed E-state index contributed by atoms with van der Waals surface area (Å²) in [5.74, 6) is 1.65. The SMILES string of the molecule is CN=C(NCc1ccc(OC)cc1)NCc1ccc(SC)cc1. The number of nitrogens with one attached hydrogen (secondary N) is 2. The van der Waals surface area contributed by atoms with Crippen molar-refractivity contribution in [1.29, 1.82) is 0 Å². The van der Waals surface area contributed by atoms with E-state index in [1.54, 1.807) is 25.9 Å². The molecule has 0 atom stereocenters. The van der Waals surface area contributed by atoms with E-state index in [4.69, 9.17) is 4.74 Å². The number of methoxy groups -OCH3 is 1. The Balaban J connectivity index is 1.82. The molecule has 0 fully saturated rings. The maximum Gasteiger partial charge on any atom is 0.191 e. The van der Waals surface area contributed by atoms with E-state index in [2.05, 4.69) is 46.1 Å². The molecule has 0 saturated heterocycles. The van der Waals surface area contributed by atoms with Crippen LogP contribution in [0.1, 0.15) is 11.1 Å². The monoisotopic (exact) mass is 329 g/mol. The molecule has 5 heteroatoms. The van der Waals surface area contributed by atoms with Gasteiger partial charge in [0.15, 0.2) is 5.96 Å². The quantitative estimate of drug-likeness (QED) is 0.485. The fraction of sp³-hybridized carbons (Fsp3) is 0.278. The highest BCUT2D eigenvalue weighted by Crippen LogP contribution is 2.14. The Morgan fingerprint density at radius 2 is 1.48 bits per heavy atom. The first kappa shape index (κ1) is 17.2. The Labute approximate surface area is 142 Å². The van der Waals surface area contributed by atoms with E-state index in [-0.39, 0.29) is 0 Å². The molecule has 2 aromatic rings. The molecule has 0 radical (unpaired) electrons. The lowest BCUT2D eigenvalue weighted by Gasteiger charge is -2.12. The standard InChI is InChI=1S/C18H23N3OS/c1-19-18(20-12-14-4-8-16(22-2)9-5-14)21-13-15-6-10-17(23-3)11-7-15/h4-11H,12-13H2,1-3H3,(H2,19,20,21). The van der Waals surface area contributed by atoms with Gasteiger partial charge in [0.1, 0.15) is 5.75 Å². The number of aliphatic imine (C=N–C) groups is 1. The van der Waals surface area contributed by atoms with Gasteiger partial charge in [-0.05, 0) is 41.6 Å². The minimum Gasteiger partial charge on any atom is -0.497 e. The number of guanidine groups is 1. The van der Waals surface area contributed by atoms with Gasteiger partial charge in [-0.2, -0.15) is 0 Å². The van der Waals surface area contributed by atoms with E-state index >= 15 is 0 Å². The minimum absolute atomic E-state index is 0.717. The molecular weight excluding hydrogens is 306 g/mol. The third-order valence-electron chi connectivity index (χ3n) is 3.46. The van der Waals surface area contributed by atoms with Crippen LogP contribution in [-0.2, 0) is 13.1 Å². The Morgan fingerprint density at radius 3 is 1.91 bits per heavy atom. The van der Waals surface area contributed by atoms with Crippen LogP contribution in [0.4, 0.5) is 0 Å². The lowest BCUT2D eigenvalue weighted by molar-refractivity contribution is 0.414. The molecule has 0 heterocycles. The average molecular weight is 329 g/mol. The van der Waals surface area contributed by atoms with Crippen molar-refractivity contribution in [1.82, 2.24) is 10.6 Å². The van der Waals surface area contributed by atoms with Crippen molar-refractivity contribution in [3.05, 3.63) is 59.7 Å². The van der Waals surface area contributed by atoms with Gasteiger partial charge in [-0.15, -0.1) is 11.8 Å². The summed E-state index contributed by atoms with van der Waals surface area (Å²) in [6, 6.07) is 16.5. The summed E-state index contributed by atoms with van der Waals surface area (Å²) in [4.78, 5) is 5.53. The molecule has 0 spiro atoms. The second-order valence-electron chi connectivity index (χ2n) is 4.98. The summed E-state index contributed by atoms with van der Waals surface area (Å²) >= 11 is 1.75. The maximum absolute atomic E-state index is 5.16. The summed E-state index contributed by atoms with van der Waals surface area (Å²) in [5, 5.41) is 6.63. The smallest absolute Gasteiger partial charge is 0.191 e. The van der Waals surface area contributed by atoms with Crippen LogP contribution in [0.25, 0.3) is 0 Å². The lowest BCUT2D eigenvalue weighted by atomic mass is 10.2. The fourth-order valence-electron chi connectivity index (χ4n) is 2.08. The molecule has 0 bridgehead atoms. The van der Waals surface area contributed by atoms with Gasteiger partial charge in [-0.3, -0.25) is 4.99 Å². The van der Waals surface area contributed by atoms with Gasteiger partial charge in [0, 0.05) is 25.0 Å². The maximum atomic E-state index is 5.16. The predicted molar refractivity (Wildman–Crippen MR) is 98.3 cm³/mol. The van der Waals surface area contributed by atoms with E-state index in [0.717, 1.165) is 24.8 Å². The summed E-state index contributed by atoms with van der Waals surface area (Å²) < 4.78 is 5.16. The normalized spacial score (nSPS) is 11.2. The van der Waals surface area contributed by atoms with Crippen LogP contribution >= 0.6 is 11.8 Å². The van der Waals surface area contributed by atoms with Crippen molar-refractivity contribution in [3.8, 4) is 5.75 Å². The number of hydrogen-bond acceptors (Lipinski definition) is 3. The van der Waals surface area contributed by atoms with E-state index in [1.165, 1.54) is 16.0 Å². The second-order valence-corrected chi connectivity index (χ2v) is 5.86. The highest BCUT2D eigenvalue weighted by Gasteiger charge is 2.00. The van der Waals surface area contributed by atoms with E-state index in [9.17, 15) is 0 Å². The minimum atomic E-state index is 0.717. The number of ether oxygens (including phenoxy) is 1. The van der Waals surface area contributed by atoms with Gasteiger partial charge in [-0.1, -0.05) is 24.3 Å². The van der Waals surface area contributed by atoms with Crippen LogP contribution in [-0.4, -0.2) is 26.4 Å². The summed E-state index contributed by atoms with van der Waals surface area (Å²) in [7, 11) is 3.45. The number of nitrogens with zero attached hydrogens (tertiary/aromatic N) is 1. The number of hydrogen-bond donors (Lipinski definition) is 2. The van der Waals surface area contributed by atoms with E-state index in [0.29, 0.717) is 0 Å². The first-order valence-corrected chi connectivity index (χ1v) is 8.68. The van der Waals surface area contributed by atoms with Crippen molar-refractivity contribution < 1.29 is 4.74 Å². The van der Waals surface area contributed by atoms with Gasteiger partial charge in [0.05, 0.1) is 7.11 Å². The third-order valence-corrected chi connectivity index (χ3v) is 4.21. The van der Waals surface area contributed by atoms with Crippen molar-refractivity contribution in [2.45, 2.75) is 18.0 Å². The van der Waals surface area contributed by atoms with Crippen molar-refractivity contribution in [3.63, 3.8) is 0 Å². The van der Waals surface area contributed by atoms with Crippen LogP contribution in [0, 0.1) is 0 Å². The molecule has 0 aliphatic carbocycles. The molecule has 122 valence electrons. The van der Waals surface area contributed by atoms with Crippen molar-refractivity contribution in [2.75, 3.05) is 20.4 Å². The Hall–Kier alpha value is -2.14. The van der Waals surface area contributed by atoms with Gasteiger partial charge < -0.3 is 15.4 Å². The Kier molecular flexibility index (Phi) is 6.81.